The predicted octanol–water partition coefficient (Wildman–Crippen LogP) is 7.05. The van der Waals surface area contributed by atoms with Gasteiger partial charge in [-0.05, 0) is 29.9 Å². The molecule has 2 N–H and O–H groups in total. The summed E-state index contributed by atoms with van der Waals surface area (Å²) in [6.45, 7) is 6.41. The van der Waals surface area contributed by atoms with E-state index in [1.54, 1.807) is 0 Å². The highest BCUT2D eigenvalue weighted by Crippen LogP contribution is 2.28. The van der Waals surface area contributed by atoms with Crippen LogP contribution in [-0.2, 0) is 16.0 Å². The van der Waals surface area contributed by atoms with Crippen LogP contribution in [-0.4, -0.2) is 21.8 Å². The van der Waals surface area contributed by atoms with Crippen molar-refractivity contribution in [2.75, 3.05) is 0 Å². The molecule has 170 valence electrons. The summed E-state index contributed by atoms with van der Waals surface area (Å²) in [5.41, 5.74) is 2.04. The second-order valence-corrected chi connectivity index (χ2v) is 8.96. The largest absolute Gasteiger partial charge is 0.504 e. The Bertz CT molecular complexity index is 812. The Labute approximate surface area is 187 Å². The quantitative estimate of drug-likeness (QED) is 0.262. The molecule has 0 unspecified atom stereocenters. The fourth-order valence-corrected chi connectivity index (χ4v) is 4.01. The third kappa shape index (κ3) is 7.09. The van der Waals surface area contributed by atoms with Crippen LogP contribution in [0.25, 0.3) is 0 Å². The average molecular weight is 427 g/mol. The average Bonchev–Trinajstić information content (AvgIpc) is 2.76. The Morgan fingerprint density at radius 2 is 1.19 bits per heavy atom. The number of Topliss-reactive ketones (excluding diaryl/α,β-unsaturated/α-hetero) is 2. The zero-order chi connectivity index (χ0) is 22.8. The lowest BCUT2D eigenvalue weighted by Crippen LogP contribution is -2.25. The van der Waals surface area contributed by atoms with Gasteiger partial charge in [0.2, 0.25) is 11.6 Å². The number of hydrogen-bond donors (Lipinski definition) is 2. The normalized spacial score (nSPS) is 14.8. The lowest BCUT2D eigenvalue weighted by atomic mass is 9.87. The van der Waals surface area contributed by atoms with Gasteiger partial charge in [0, 0.05) is 12.0 Å². The molecule has 0 saturated heterocycles. The van der Waals surface area contributed by atoms with Crippen molar-refractivity contribution in [2.45, 2.75) is 97.3 Å². The summed E-state index contributed by atoms with van der Waals surface area (Å²) in [6.07, 6.45) is 10.7. The van der Waals surface area contributed by atoms with E-state index in [2.05, 4.69) is 20.8 Å². The number of aliphatic hydroxyl groups excluding tert-OH is 2. The summed E-state index contributed by atoms with van der Waals surface area (Å²) in [7, 11) is 0. The van der Waals surface area contributed by atoms with Crippen LogP contribution in [0.3, 0.4) is 0 Å². The molecule has 0 atom stereocenters. The minimum absolute atomic E-state index is 0.0179. The van der Waals surface area contributed by atoms with Gasteiger partial charge >= 0.3 is 0 Å². The van der Waals surface area contributed by atoms with Crippen LogP contribution in [0.2, 0.25) is 0 Å². The van der Waals surface area contributed by atoms with Gasteiger partial charge < -0.3 is 10.2 Å². The molecule has 1 aliphatic carbocycles. The molecule has 1 aromatic carbocycles. The van der Waals surface area contributed by atoms with E-state index in [-0.39, 0.29) is 17.6 Å². The van der Waals surface area contributed by atoms with Crippen LogP contribution >= 0.6 is 0 Å². The van der Waals surface area contributed by atoms with Crippen molar-refractivity contribution >= 4 is 11.6 Å². The summed E-state index contributed by atoms with van der Waals surface area (Å²) in [5, 5.41) is 20.8. The molecule has 4 nitrogen and oxygen atoms in total. The van der Waals surface area contributed by atoms with Crippen LogP contribution in [0.4, 0.5) is 0 Å². The molecule has 0 amide bonds. The number of hydrogen-bond acceptors (Lipinski definition) is 4. The highest BCUT2D eigenvalue weighted by atomic mass is 16.3. The third-order valence-electron chi connectivity index (χ3n) is 6.11. The molecular weight excluding hydrogens is 388 g/mol. The van der Waals surface area contributed by atoms with Crippen LogP contribution in [0.5, 0.6) is 0 Å². The first-order valence-electron chi connectivity index (χ1n) is 11.9. The van der Waals surface area contributed by atoms with Crippen LogP contribution in [0.1, 0.15) is 102 Å². The molecule has 4 heteroatoms. The Kier molecular flexibility index (Phi) is 10.0. The monoisotopic (exact) mass is 426 g/mol. The maximum atomic E-state index is 12.7. The van der Waals surface area contributed by atoms with Gasteiger partial charge in [-0.15, -0.1) is 0 Å². The van der Waals surface area contributed by atoms with Crippen molar-refractivity contribution in [3.63, 3.8) is 0 Å². The first-order valence-corrected chi connectivity index (χ1v) is 11.9. The highest BCUT2D eigenvalue weighted by Gasteiger charge is 2.34. The molecular formula is C27H38O4. The van der Waals surface area contributed by atoms with E-state index in [9.17, 15) is 19.8 Å². The summed E-state index contributed by atoms with van der Waals surface area (Å²) < 4.78 is 0. The zero-order valence-electron chi connectivity index (χ0n) is 19.4. The number of carbonyl (C=O) groups excluding carboxylic acids is 2. The minimum atomic E-state index is -0.629. The fourth-order valence-electron chi connectivity index (χ4n) is 4.01. The van der Waals surface area contributed by atoms with Gasteiger partial charge in [0.05, 0.1) is 5.57 Å². The van der Waals surface area contributed by atoms with E-state index in [4.69, 9.17) is 0 Å². The highest BCUT2D eigenvalue weighted by molar-refractivity contribution is 6.23. The first-order chi connectivity index (χ1) is 14.9. The SMILES string of the molecule is CCCCCCCCCCCC1=C(O)C(=O)C(Cc2ccc(C(C)C)cc2)=C(O)C1=O. The summed E-state index contributed by atoms with van der Waals surface area (Å²) in [6, 6.07) is 7.76. The van der Waals surface area contributed by atoms with Crippen molar-refractivity contribution in [3.05, 3.63) is 58.1 Å². The topological polar surface area (TPSA) is 74.6 Å². The van der Waals surface area contributed by atoms with E-state index < -0.39 is 23.1 Å². The second kappa shape index (κ2) is 12.5. The van der Waals surface area contributed by atoms with E-state index in [1.807, 2.05) is 24.3 Å². The number of carbonyl (C=O) groups is 2. The van der Waals surface area contributed by atoms with Crippen LogP contribution in [0.15, 0.2) is 46.9 Å². The van der Waals surface area contributed by atoms with E-state index in [1.165, 1.54) is 44.1 Å². The van der Waals surface area contributed by atoms with Gasteiger partial charge in [-0.3, -0.25) is 9.59 Å². The van der Waals surface area contributed by atoms with Crippen LogP contribution < -0.4 is 0 Å². The number of benzene rings is 1. The Morgan fingerprint density at radius 3 is 1.74 bits per heavy atom. The van der Waals surface area contributed by atoms with Crippen molar-refractivity contribution in [3.8, 4) is 0 Å². The van der Waals surface area contributed by atoms with E-state index in [0.717, 1.165) is 24.8 Å². The molecule has 0 radical (unpaired) electrons. The zero-order valence-corrected chi connectivity index (χ0v) is 19.4. The smallest absolute Gasteiger partial charge is 0.227 e. The number of rotatable bonds is 13. The maximum absolute atomic E-state index is 12.7. The number of allylic oxidation sites excluding steroid dienone is 2. The molecule has 0 aliphatic heterocycles. The van der Waals surface area contributed by atoms with Gasteiger partial charge in [-0.1, -0.05) is 96.4 Å². The minimum Gasteiger partial charge on any atom is -0.504 e. The van der Waals surface area contributed by atoms with Crippen molar-refractivity contribution in [1.82, 2.24) is 0 Å². The summed E-state index contributed by atoms with van der Waals surface area (Å²) in [5.74, 6) is -1.84. The summed E-state index contributed by atoms with van der Waals surface area (Å²) in [4.78, 5) is 25.3. The lowest BCUT2D eigenvalue weighted by molar-refractivity contribution is -0.120. The molecule has 0 aromatic heterocycles. The predicted molar refractivity (Wildman–Crippen MR) is 125 cm³/mol. The number of aliphatic hydroxyl groups is 2. The maximum Gasteiger partial charge on any atom is 0.227 e. The fraction of sp³-hybridized carbons (Fsp3) is 0.556. The Balaban J connectivity index is 1.89. The van der Waals surface area contributed by atoms with Gasteiger partial charge in [0.25, 0.3) is 0 Å². The van der Waals surface area contributed by atoms with Gasteiger partial charge in [0.1, 0.15) is 0 Å². The number of unbranched alkanes of at least 4 members (excludes halogenated alkanes) is 8. The molecule has 0 spiro atoms. The molecule has 1 aromatic rings. The van der Waals surface area contributed by atoms with Gasteiger partial charge in [0.15, 0.2) is 11.5 Å². The Hall–Kier alpha value is -2.36. The molecule has 0 heterocycles. The first kappa shape index (κ1) is 24.9. The van der Waals surface area contributed by atoms with Crippen molar-refractivity contribution in [1.29, 1.82) is 0 Å². The summed E-state index contributed by atoms with van der Waals surface area (Å²) >= 11 is 0. The molecule has 0 bridgehead atoms. The van der Waals surface area contributed by atoms with Crippen molar-refractivity contribution in [2.24, 2.45) is 0 Å². The van der Waals surface area contributed by atoms with E-state index in [0.29, 0.717) is 12.3 Å². The second-order valence-electron chi connectivity index (χ2n) is 8.96. The molecule has 0 fully saturated rings. The number of ketones is 2. The Morgan fingerprint density at radius 1 is 0.710 bits per heavy atom. The van der Waals surface area contributed by atoms with Crippen molar-refractivity contribution < 1.29 is 19.8 Å². The van der Waals surface area contributed by atoms with Gasteiger partial charge in [-0.25, -0.2) is 0 Å². The lowest BCUT2D eigenvalue weighted by Gasteiger charge is -2.18. The third-order valence-corrected chi connectivity index (χ3v) is 6.11. The van der Waals surface area contributed by atoms with Crippen LogP contribution in [0, 0.1) is 0 Å². The van der Waals surface area contributed by atoms with Gasteiger partial charge in [-0.2, -0.15) is 0 Å². The molecule has 1 aliphatic rings. The molecule has 31 heavy (non-hydrogen) atoms. The standard InChI is InChI=1S/C27H38O4/c1-4-5-6-7-8-9-10-11-12-13-22-24(28)26(30)23(27(31)25(22)29)18-20-14-16-21(17-15-20)19(2)3/h14-17,19,28,31H,4-13,18H2,1-3H3. The molecule has 2 rings (SSSR count). The van der Waals surface area contributed by atoms with E-state index >= 15 is 0 Å². The molecule has 0 saturated carbocycles.